The number of nitrogens with zero attached hydrogens (tertiary/aromatic N) is 1. The van der Waals surface area contributed by atoms with Crippen molar-refractivity contribution in [2.75, 3.05) is 20.8 Å². The average Bonchev–Trinajstić information content (AvgIpc) is 2.29. The van der Waals surface area contributed by atoms with Gasteiger partial charge in [0.1, 0.15) is 12.4 Å². The highest BCUT2D eigenvalue weighted by atomic mass is 16.5. The first kappa shape index (κ1) is 13.5. The van der Waals surface area contributed by atoms with Crippen LogP contribution in [0.4, 0.5) is 0 Å². The Morgan fingerprint density at radius 1 is 1.47 bits per heavy atom. The van der Waals surface area contributed by atoms with Crippen LogP contribution < -0.4 is 10.6 Å². The van der Waals surface area contributed by atoms with Crippen molar-refractivity contribution in [1.82, 2.24) is 5.01 Å². The van der Waals surface area contributed by atoms with Crippen LogP contribution in [0.3, 0.4) is 0 Å². The van der Waals surface area contributed by atoms with Gasteiger partial charge >= 0.3 is 0 Å². The Morgan fingerprint density at radius 3 is 2.71 bits per heavy atom. The first-order chi connectivity index (χ1) is 8.04. The van der Waals surface area contributed by atoms with Crippen LogP contribution in [0.1, 0.15) is 11.1 Å². The SMILES string of the molecule is COc1ccc(COCC(=O)N(C)N)cc1C. The molecule has 0 aromatic heterocycles. The fourth-order valence-electron chi connectivity index (χ4n) is 1.39. The van der Waals surface area contributed by atoms with Crippen molar-refractivity contribution in [2.24, 2.45) is 5.84 Å². The van der Waals surface area contributed by atoms with E-state index >= 15 is 0 Å². The van der Waals surface area contributed by atoms with Gasteiger partial charge < -0.3 is 9.47 Å². The maximum absolute atomic E-state index is 11.2. The normalized spacial score (nSPS) is 10.1. The van der Waals surface area contributed by atoms with E-state index < -0.39 is 0 Å². The number of nitrogens with two attached hydrogens (primary N) is 1. The van der Waals surface area contributed by atoms with Gasteiger partial charge in [0.2, 0.25) is 0 Å². The number of carbonyl (C=O) groups excluding carboxylic acids is 1. The minimum atomic E-state index is -0.254. The van der Waals surface area contributed by atoms with E-state index in [9.17, 15) is 4.79 Å². The van der Waals surface area contributed by atoms with Crippen molar-refractivity contribution in [1.29, 1.82) is 0 Å². The summed E-state index contributed by atoms with van der Waals surface area (Å²) in [5.74, 6) is 5.85. The average molecular weight is 238 g/mol. The molecule has 94 valence electrons. The minimum Gasteiger partial charge on any atom is -0.496 e. The Hall–Kier alpha value is -1.59. The molecule has 0 saturated carbocycles. The van der Waals surface area contributed by atoms with E-state index in [1.807, 2.05) is 25.1 Å². The molecule has 1 aromatic rings. The Kier molecular flexibility index (Phi) is 4.93. The molecule has 5 nitrogen and oxygen atoms in total. The Labute approximate surface area is 101 Å². The first-order valence-electron chi connectivity index (χ1n) is 5.27. The van der Waals surface area contributed by atoms with Gasteiger partial charge in [-0.25, -0.2) is 5.84 Å². The van der Waals surface area contributed by atoms with Crippen LogP contribution in [0.2, 0.25) is 0 Å². The number of hydrazine groups is 1. The fourth-order valence-corrected chi connectivity index (χ4v) is 1.39. The van der Waals surface area contributed by atoms with Crippen molar-refractivity contribution >= 4 is 5.91 Å². The van der Waals surface area contributed by atoms with E-state index in [4.69, 9.17) is 15.3 Å². The topological polar surface area (TPSA) is 64.8 Å². The fraction of sp³-hybridized carbons (Fsp3) is 0.417. The zero-order valence-corrected chi connectivity index (χ0v) is 10.4. The molecule has 5 heteroatoms. The van der Waals surface area contributed by atoms with Crippen LogP contribution in [-0.4, -0.2) is 31.7 Å². The second-order valence-electron chi connectivity index (χ2n) is 3.80. The summed E-state index contributed by atoms with van der Waals surface area (Å²) in [4.78, 5) is 11.2. The molecule has 2 N–H and O–H groups in total. The van der Waals surface area contributed by atoms with Crippen molar-refractivity contribution < 1.29 is 14.3 Å². The highest BCUT2D eigenvalue weighted by molar-refractivity contribution is 5.76. The van der Waals surface area contributed by atoms with E-state index in [0.717, 1.165) is 21.9 Å². The van der Waals surface area contributed by atoms with Crippen LogP contribution in [0.5, 0.6) is 5.75 Å². The third kappa shape index (κ3) is 4.05. The number of ether oxygens (including phenoxy) is 2. The zero-order chi connectivity index (χ0) is 12.8. The molecule has 1 rings (SSSR count). The van der Waals surface area contributed by atoms with Crippen LogP contribution in [0, 0.1) is 6.92 Å². The summed E-state index contributed by atoms with van der Waals surface area (Å²) in [6, 6.07) is 5.75. The Bertz CT molecular complexity index is 391. The summed E-state index contributed by atoms with van der Waals surface area (Å²) in [6.45, 7) is 2.32. The summed E-state index contributed by atoms with van der Waals surface area (Å²) in [5.41, 5.74) is 2.03. The predicted molar refractivity (Wildman–Crippen MR) is 64.3 cm³/mol. The minimum absolute atomic E-state index is 0.0158. The smallest absolute Gasteiger partial charge is 0.262 e. The number of likely N-dealkylation sites (N-methyl/N-ethyl adjacent to an activating group) is 1. The maximum Gasteiger partial charge on any atom is 0.262 e. The highest BCUT2D eigenvalue weighted by Gasteiger charge is 2.05. The summed E-state index contributed by atoms with van der Waals surface area (Å²) in [5, 5.41) is 1.01. The van der Waals surface area contributed by atoms with E-state index in [0.29, 0.717) is 6.61 Å². The second-order valence-corrected chi connectivity index (χ2v) is 3.80. The lowest BCUT2D eigenvalue weighted by Crippen LogP contribution is -2.35. The molecule has 1 aromatic carbocycles. The van der Waals surface area contributed by atoms with Crippen LogP contribution >= 0.6 is 0 Å². The number of carbonyl (C=O) groups is 1. The zero-order valence-electron chi connectivity index (χ0n) is 10.4. The molecule has 0 unspecified atom stereocenters. The molecular weight excluding hydrogens is 220 g/mol. The number of benzene rings is 1. The van der Waals surface area contributed by atoms with Crippen LogP contribution in [-0.2, 0) is 16.1 Å². The highest BCUT2D eigenvalue weighted by Crippen LogP contribution is 2.18. The summed E-state index contributed by atoms with van der Waals surface area (Å²) in [7, 11) is 3.12. The number of methoxy groups -OCH3 is 1. The molecule has 0 aliphatic heterocycles. The van der Waals surface area contributed by atoms with Gasteiger partial charge in [0.15, 0.2) is 0 Å². The molecule has 0 saturated heterocycles. The molecule has 0 bridgehead atoms. The number of hydrogen-bond acceptors (Lipinski definition) is 4. The van der Waals surface area contributed by atoms with Crippen molar-refractivity contribution in [3.8, 4) is 5.75 Å². The van der Waals surface area contributed by atoms with Crippen molar-refractivity contribution in [3.63, 3.8) is 0 Å². The van der Waals surface area contributed by atoms with E-state index in [-0.39, 0.29) is 12.5 Å². The van der Waals surface area contributed by atoms with Crippen molar-refractivity contribution in [2.45, 2.75) is 13.5 Å². The third-order valence-electron chi connectivity index (χ3n) is 2.35. The quantitative estimate of drug-likeness (QED) is 0.469. The number of hydrogen-bond donors (Lipinski definition) is 1. The van der Waals surface area contributed by atoms with Gasteiger partial charge in [-0.05, 0) is 24.1 Å². The molecule has 17 heavy (non-hydrogen) atoms. The van der Waals surface area contributed by atoms with Gasteiger partial charge in [0.25, 0.3) is 5.91 Å². The molecule has 1 amide bonds. The number of amides is 1. The lowest BCUT2D eigenvalue weighted by molar-refractivity contribution is -0.135. The van der Waals surface area contributed by atoms with Crippen LogP contribution in [0.25, 0.3) is 0 Å². The summed E-state index contributed by atoms with van der Waals surface area (Å²) in [6.07, 6.45) is 0. The van der Waals surface area contributed by atoms with Crippen molar-refractivity contribution in [3.05, 3.63) is 29.3 Å². The largest absolute Gasteiger partial charge is 0.496 e. The van der Waals surface area contributed by atoms with E-state index in [2.05, 4.69) is 0 Å². The molecule has 0 fully saturated rings. The van der Waals surface area contributed by atoms with Gasteiger partial charge in [-0.2, -0.15) is 0 Å². The number of rotatable bonds is 5. The van der Waals surface area contributed by atoms with Gasteiger partial charge in [0.05, 0.1) is 13.7 Å². The lowest BCUT2D eigenvalue weighted by Gasteiger charge is -2.11. The molecule has 0 radical (unpaired) electrons. The molecular formula is C12H18N2O3. The monoisotopic (exact) mass is 238 g/mol. The predicted octanol–water partition coefficient (Wildman–Crippen LogP) is 0.852. The summed E-state index contributed by atoms with van der Waals surface area (Å²) < 4.78 is 10.4. The molecule has 0 spiro atoms. The lowest BCUT2D eigenvalue weighted by atomic mass is 10.1. The Balaban J connectivity index is 2.47. The van der Waals surface area contributed by atoms with Gasteiger partial charge in [-0.1, -0.05) is 12.1 Å². The molecule has 0 aliphatic rings. The van der Waals surface area contributed by atoms with Crippen LogP contribution in [0.15, 0.2) is 18.2 Å². The maximum atomic E-state index is 11.2. The second kappa shape index (κ2) is 6.22. The summed E-state index contributed by atoms with van der Waals surface area (Å²) >= 11 is 0. The molecule has 0 aliphatic carbocycles. The molecule has 0 heterocycles. The third-order valence-corrected chi connectivity index (χ3v) is 2.35. The first-order valence-corrected chi connectivity index (χ1v) is 5.27. The molecule has 0 atom stereocenters. The standard InChI is InChI=1S/C12H18N2O3/c1-9-6-10(4-5-11(9)16-3)7-17-8-12(15)14(2)13/h4-6H,7-8,13H2,1-3H3. The van der Waals surface area contributed by atoms with Gasteiger partial charge in [0, 0.05) is 7.05 Å². The van der Waals surface area contributed by atoms with Gasteiger partial charge in [-0.3, -0.25) is 9.80 Å². The van der Waals surface area contributed by atoms with Gasteiger partial charge in [-0.15, -0.1) is 0 Å². The van der Waals surface area contributed by atoms with E-state index in [1.165, 1.54) is 7.05 Å². The van der Waals surface area contributed by atoms with E-state index in [1.54, 1.807) is 7.11 Å². The Morgan fingerprint density at radius 2 is 2.18 bits per heavy atom. The number of aryl methyl sites for hydroxylation is 1.